The maximum Gasteiger partial charge on any atom is 0.0632 e. The molecule has 1 fully saturated rings. The van der Waals surface area contributed by atoms with Gasteiger partial charge in [-0.2, -0.15) is 0 Å². The van der Waals surface area contributed by atoms with Crippen LogP contribution in [0.2, 0.25) is 0 Å². The summed E-state index contributed by atoms with van der Waals surface area (Å²) < 4.78 is 5.20. The Balaban J connectivity index is 1.12. The fourth-order valence-electron chi connectivity index (χ4n) is 14.0. The van der Waals surface area contributed by atoms with E-state index in [2.05, 4.69) is 237 Å². The summed E-state index contributed by atoms with van der Waals surface area (Å²) in [5.41, 5.74) is 40.3. The molecule has 6 aliphatic rings. The third-order valence-electron chi connectivity index (χ3n) is 17.0. The first-order valence-corrected chi connectivity index (χ1v) is 26.2. The second-order valence-corrected chi connectivity index (χ2v) is 20.6. The average Bonchev–Trinajstić information content (AvgIpc) is 4.25. The lowest BCUT2D eigenvalue weighted by atomic mass is 9.68. The van der Waals surface area contributed by atoms with E-state index in [4.69, 9.17) is 0 Å². The highest BCUT2D eigenvalue weighted by Crippen LogP contribution is 2.63. The molecule has 0 saturated heterocycles. The third kappa shape index (κ3) is 5.71. The van der Waals surface area contributed by atoms with Gasteiger partial charge in [0, 0.05) is 78.3 Å². The van der Waals surface area contributed by atoms with Crippen LogP contribution in [0.3, 0.4) is 0 Å². The Bertz CT molecular complexity index is 4220. The summed E-state index contributed by atoms with van der Waals surface area (Å²) in [6.45, 7) is 0. The lowest BCUT2D eigenvalue weighted by Crippen LogP contribution is -2.30. The van der Waals surface area contributed by atoms with Crippen molar-refractivity contribution in [2.75, 3.05) is 0 Å². The van der Waals surface area contributed by atoms with E-state index in [1.54, 1.807) is 0 Å². The second kappa shape index (κ2) is 15.9. The fraction of sp³-hybridized carbons (Fsp3) is 0.0882. The van der Waals surface area contributed by atoms with Gasteiger partial charge in [-0.15, -0.1) is 0 Å². The Kier molecular flexibility index (Phi) is 8.87. The van der Waals surface area contributed by atoms with Gasteiger partial charge in [-0.1, -0.05) is 159 Å². The van der Waals surface area contributed by atoms with Crippen molar-refractivity contribution in [1.82, 2.24) is 30.8 Å². The minimum Gasteiger partial charge on any atom is -0.308 e. The van der Waals surface area contributed by atoms with Crippen LogP contribution in [0.5, 0.6) is 0 Å². The van der Waals surface area contributed by atoms with Crippen LogP contribution < -0.4 is 21.7 Å². The van der Waals surface area contributed by atoms with Crippen molar-refractivity contribution in [3.63, 3.8) is 0 Å². The number of nitrogens with one attached hydrogen (secondary N) is 4. The van der Waals surface area contributed by atoms with Gasteiger partial charge in [0.05, 0.1) is 44.9 Å². The number of hydrogen-bond acceptors (Lipinski definition) is 4. The molecule has 2 aromatic heterocycles. The van der Waals surface area contributed by atoms with E-state index in [1.807, 2.05) is 12.4 Å². The molecule has 352 valence electrons. The minimum absolute atomic E-state index is 0.0404. The summed E-state index contributed by atoms with van der Waals surface area (Å²) in [6.07, 6.45) is 18.5. The summed E-state index contributed by atoms with van der Waals surface area (Å²) in [5.74, 6) is 0. The lowest BCUT2D eigenvalue weighted by Gasteiger charge is -2.36. The average molecular weight is 951 g/mol. The first-order chi connectivity index (χ1) is 36.7. The number of aromatic nitrogens is 2. The summed E-state index contributed by atoms with van der Waals surface area (Å²) in [7, 11) is 0. The van der Waals surface area contributed by atoms with Gasteiger partial charge < -0.3 is 30.8 Å². The molecule has 4 heterocycles. The van der Waals surface area contributed by atoms with Crippen molar-refractivity contribution in [3.05, 3.63) is 269 Å². The maximum absolute atomic E-state index is 3.55. The van der Waals surface area contributed by atoms with Crippen molar-refractivity contribution in [2.45, 2.75) is 37.5 Å². The molecular weight excluding hydrogens is 901 g/mol. The van der Waals surface area contributed by atoms with Crippen LogP contribution in [-0.2, 0) is 5.41 Å². The SMILES string of the molecule is C1=CNNC(c2cc3c(cc2C2=CC=CNN2)C(n2c4ccccc4c4ccccc42)=C2C(c4ccccc4)=C(c4ccc5c(c4)-c4ccccc4C54CCCCC4)C(n4c5ccccc5c5ccccc54)=C23)=C1. The number of hydrazine groups is 2. The van der Waals surface area contributed by atoms with Crippen LogP contribution in [0.1, 0.15) is 76.6 Å². The van der Waals surface area contributed by atoms with Crippen LogP contribution in [0, 0.1) is 0 Å². The number of fused-ring (bicyclic) bond motifs is 14. The Morgan fingerprint density at radius 3 is 1.45 bits per heavy atom. The summed E-state index contributed by atoms with van der Waals surface area (Å²) in [6, 6.07) is 69.1. The lowest BCUT2D eigenvalue weighted by molar-refractivity contribution is 0.353. The van der Waals surface area contributed by atoms with Crippen LogP contribution in [-0.4, -0.2) is 9.13 Å². The van der Waals surface area contributed by atoms with Gasteiger partial charge in [0.1, 0.15) is 0 Å². The summed E-state index contributed by atoms with van der Waals surface area (Å²) >= 11 is 0. The zero-order valence-electron chi connectivity index (χ0n) is 40.7. The predicted molar refractivity (Wildman–Crippen MR) is 307 cm³/mol. The maximum atomic E-state index is 3.55. The predicted octanol–water partition coefficient (Wildman–Crippen LogP) is 15.3. The summed E-state index contributed by atoms with van der Waals surface area (Å²) in [5, 5.41) is 4.93. The topological polar surface area (TPSA) is 58.0 Å². The quantitative estimate of drug-likeness (QED) is 0.134. The molecular formula is C68H50N6. The Morgan fingerprint density at radius 2 is 0.865 bits per heavy atom. The largest absolute Gasteiger partial charge is 0.308 e. The Hall–Kier alpha value is -9.26. The second-order valence-electron chi connectivity index (χ2n) is 20.6. The van der Waals surface area contributed by atoms with Crippen LogP contribution in [0.25, 0.3) is 94.2 Å². The minimum atomic E-state index is 0.0404. The van der Waals surface area contributed by atoms with E-state index in [-0.39, 0.29) is 5.41 Å². The molecule has 1 saturated carbocycles. The van der Waals surface area contributed by atoms with E-state index in [0.29, 0.717) is 0 Å². The van der Waals surface area contributed by atoms with E-state index in [0.717, 1.165) is 22.5 Å². The Morgan fingerprint density at radius 1 is 0.351 bits per heavy atom. The molecule has 4 aliphatic carbocycles. The highest BCUT2D eigenvalue weighted by molar-refractivity contribution is 6.38. The normalized spacial score (nSPS) is 17.1. The summed E-state index contributed by atoms with van der Waals surface area (Å²) in [4.78, 5) is 0. The molecule has 0 radical (unpaired) electrons. The highest BCUT2D eigenvalue weighted by Gasteiger charge is 2.46. The number of nitrogens with zero attached hydrogens (tertiary/aromatic N) is 2. The molecule has 6 nitrogen and oxygen atoms in total. The van der Waals surface area contributed by atoms with Gasteiger partial charge in [-0.25, -0.2) is 0 Å². The van der Waals surface area contributed by atoms with E-state index >= 15 is 0 Å². The molecule has 16 rings (SSSR count). The van der Waals surface area contributed by atoms with E-state index < -0.39 is 0 Å². The molecule has 6 heteroatoms. The van der Waals surface area contributed by atoms with E-state index in [1.165, 1.54) is 154 Å². The molecule has 1 spiro atoms. The van der Waals surface area contributed by atoms with Gasteiger partial charge in [0.25, 0.3) is 0 Å². The molecule has 0 unspecified atom stereocenters. The first kappa shape index (κ1) is 41.4. The van der Waals surface area contributed by atoms with Crippen molar-refractivity contribution >= 4 is 83.1 Å². The fourth-order valence-corrected chi connectivity index (χ4v) is 14.0. The van der Waals surface area contributed by atoms with Gasteiger partial charge in [0.15, 0.2) is 0 Å². The van der Waals surface area contributed by atoms with Gasteiger partial charge >= 0.3 is 0 Å². The number of hydrogen-bond donors (Lipinski definition) is 4. The molecule has 8 aromatic carbocycles. The van der Waals surface area contributed by atoms with Crippen molar-refractivity contribution in [1.29, 1.82) is 0 Å². The van der Waals surface area contributed by atoms with Crippen LogP contribution in [0.4, 0.5) is 0 Å². The number of para-hydroxylation sites is 4. The molecule has 74 heavy (non-hydrogen) atoms. The smallest absolute Gasteiger partial charge is 0.0632 e. The molecule has 0 bridgehead atoms. The molecule has 10 aromatic rings. The van der Waals surface area contributed by atoms with Gasteiger partial charge in [-0.3, -0.25) is 0 Å². The Labute approximate surface area is 429 Å². The van der Waals surface area contributed by atoms with Crippen molar-refractivity contribution in [2.24, 2.45) is 0 Å². The standard InChI is InChI=1S/C68H50N6/c1-3-19-42(20-4-1)62-63(43-33-34-55-49(39-43)44-21-5-10-26-54(44)68(55)35-15-2-16-36-68)67(74-60-31-13-8-24-47(60)48-25-9-14-32-61(48)74)64-52-40-50(56-27-17-37-69-71-56)51(57-28-18-38-70-72-57)41-53(52)66(65(62)64)73-58-29-11-6-22-45(58)46-23-7-12-30-59(46)73/h1,3-14,17-34,37-41,69-72H,2,15-16,35-36H2. The van der Waals surface area contributed by atoms with Gasteiger partial charge in [0.2, 0.25) is 0 Å². The number of rotatable bonds is 6. The first-order valence-electron chi connectivity index (χ1n) is 26.2. The van der Waals surface area contributed by atoms with Gasteiger partial charge in [-0.05, 0) is 119 Å². The number of benzene rings is 8. The van der Waals surface area contributed by atoms with Crippen molar-refractivity contribution < 1.29 is 0 Å². The zero-order valence-corrected chi connectivity index (χ0v) is 40.7. The third-order valence-corrected chi connectivity index (χ3v) is 17.0. The molecule has 0 atom stereocenters. The number of allylic oxidation sites excluding steroid dienone is 9. The van der Waals surface area contributed by atoms with Crippen LogP contribution >= 0.6 is 0 Å². The monoisotopic (exact) mass is 950 g/mol. The molecule has 0 amide bonds. The van der Waals surface area contributed by atoms with Crippen LogP contribution in [0.15, 0.2) is 224 Å². The molecule has 4 N–H and O–H groups in total. The van der Waals surface area contributed by atoms with E-state index in [9.17, 15) is 0 Å². The molecule has 2 aliphatic heterocycles. The highest BCUT2D eigenvalue weighted by atomic mass is 15.4. The zero-order chi connectivity index (χ0) is 48.5. The van der Waals surface area contributed by atoms with Crippen molar-refractivity contribution in [3.8, 4) is 11.1 Å².